The van der Waals surface area contributed by atoms with Crippen molar-refractivity contribution in [1.82, 2.24) is 4.98 Å². The summed E-state index contributed by atoms with van der Waals surface area (Å²) in [5.74, 6) is 2.03. The molecule has 62 valence electrons. The second kappa shape index (κ2) is 2.68. The van der Waals surface area contributed by atoms with Crippen LogP contribution in [0, 0.1) is 6.92 Å². The van der Waals surface area contributed by atoms with Crippen molar-refractivity contribution in [2.75, 3.05) is 0 Å². The summed E-state index contributed by atoms with van der Waals surface area (Å²) in [5, 5.41) is 0.124. The van der Waals surface area contributed by atoms with E-state index in [1.807, 2.05) is 19.1 Å². The molecular formula is C8H6ClNO2. The average Bonchev–Trinajstić information content (AvgIpc) is 2.58. The molecule has 2 aromatic rings. The van der Waals surface area contributed by atoms with E-state index in [4.69, 9.17) is 20.4 Å². The van der Waals surface area contributed by atoms with Crippen molar-refractivity contribution >= 4 is 11.6 Å². The quantitative estimate of drug-likeness (QED) is 0.683. The van der Waals surface area contributed by atoms with E-state index in [1.165, 1.54) is 6.20 Å². The summed E-state index contributed by atoms with van der Waals surface area (Å²) in [6.07, 6.45) is 1.53. The monoisotopic (exact) mass is 183 g/mol. The van der Waals surface area contributed by atoms with Gasteiger partial charge in [-0.3, -0.25) is 0 Å². The molecule has 0 radical (unpaired) electrons. The summed E-state index contributed by atoms with van der Waals surface area (Å²) in [5.41, 5.74) is 0. The first-order chi connectivity index (χ1) is 5.75. The Morgan fingerprint density at radius 3 is 2.58 bits per heavy atom. The fraction of sp³-hybridized carbons (Fsp3) is 0.125. The summed E-state index contributed by atoms with van der Waals surface area (Å²) >= 11 is 5.50. The molecule has 4 heteroatoms. The molecule has 0 bridgehead atoms. The number of hydrogen-bond acceptors (Lipinski definition) is 3. The molecule has 0 fully saturated rings. The van der Waals surface area contributed by atoms with Gasteiger partial charge < -0.3 is 8.83 Å². The van der Waals surface area contributed by atoms with Crippen LogP contribution in [0.4, 0.5) is 0 Å². The zero-order valence-electron chi connectivity index (χ0n) is 6.37. The number of rotatable bonds is 1. The molecule has 2 aromatic heterocycles. The van der Waals surface area contributed by atoms with Gasteiger partial charge in [-0.15, -0.1) is 0 Å². The maximum absolute atomic E-state index is 5.50. The molecule has 0 aliphatic carbocycles. The van der Waals surface area contributed by atoms with Gasteiger partial charge in [-0.2, -0.15) is 0 Å². The lowest BCUT2D eigenvalue weighted by Gasteiger charge is -1.86. The third kappa shape index (κ3) is 1.23. The first kappa shape index (κ1) is 7.43. The van der Waals surface area contributed by atoms with Crippen molar-refractivity contribution in [3.8, 4) is 11.5 Å². The van der Waals surface area contributed by atoms with Gasteiger partial charge in [-0.05, 0) is 30.7 Å². The maximum atomic E-state index is 5.50. The lowest BCUT2D eigenvalue weighted by molar-refractivity contribution is 0.506. The van der Waals surface area contributed by atoms with Gasteiger partial charge in [-0.25, -0.2) is 4.98 Å². The van der Waals surface area contributed by atoms with Crippen molar-refractivity contribution < 1.29 is 8.83 Å². The van der Waals surface area contributed by atoms with Crippen LogP contribution in [0.1, 0.15) is 5.76 Å². The molecular weight excluding hydrogens is 178 g/mol. The number of furan rings is 1. The second-order valence-electron chi connectivity index (χ2n) is 2.39. The van der Waals surface area contributed by atoms with Crippen LogP contribution < -0.4 is 0 Å². The Morgan fingerprint density at radius 1 is 1.25 bits per heavy atom. The summed E-state index contributed by atoms with van der Waals surface area (Å²) in [4.78, 5) is 3.74. The van der Waals surface area contributed by atoms with E-state index < -0.39 is 0 Å². The van der Waals surface area contributed by atoms with Gasteiger partial charge in [0, 0.05) is 0 Å². The van der Waals surface area contributed by atoms with Gasteiger partial charge in [0.15, 0.2) is 11.5 Å². The van der Waals surface area contributed by atoms with Crippen LogP contribution in [0.25, 0.3) is 11.5 Å². The van der Waals surface area contributed by atoms with Crippen molar-refractivity contribution in [2.24, 2.45) is 0 Å². The van der Waals surface area contributed by atoms with Crippen molar-refractivity contribution in [3.05, 3.63) is 29.4 Å². The number of halogens is 1. The first-order valence-corrected chi connectivity index (χ1v) is 3.81. The Hall–Kier alpha value is -1.22. The highest BCUT2D eigenvalue weighted by Crippen LogP contribution is 2.23. The normalized spacial score (nSPS) is 10.5. The molecule has 0 saturated heterocycles. The predicted molar refractivity (Wildman–Crippen MR) is 44.0 cm³/mol. The third-order valence-corrected chi connectivity index (χ3v) is 1.64. The summed E-state index contributed by atoms with van der Waals surface area (Å²) < 4.78 is 10.3. The largest absolute Gasteiger partial charge is 0.458 e. The third-order valence-electron chi connectivity index (χ3n) is 1.46. The molecule has 0 unspecified atom stereocenters. The fourth-order valence-corrected chi connectivity index (χ4v) is 1.07. The van der Waals surface area contributed by atoms with Gasteiger partial charge in [0.2, 0.25) is 0 Å². The van der Waals surface area contributed by atoms with E-state index in [0.29, 0.717) is 11.5 Å². The van der Waals surface area contributed by atoms with Crippen LogP contribution in [0.15, 0.2) is 27.2 Å². The number of aromatic nitrogens is 1. The van der Waals surface area contributed by atoms with E-state index >= 15 is 0 Å². The Morgan fingerprint density at radius 2 is 2.08 bits per heavy atom. The van der Waals surface area contributed by atoms with Gasteiger partial charge in [0.05, 0.1) is 6.20 Å². The summed E-state index contributed by atoms with van der Waals surface area (Å²) in [6.45, 7) is 1.86. The van der Waals surface area contributed by atoms with Crippen LogP contribution in [0.2, 0.25) is 5.35 Å². The summed E-state index contributed by atoms with van der Waals surface area (Å²) in [7, 11) is 0. The van der Waals surface area contributed by atoms with Gasteiger partial charge in [-0.1, -0.05) is 0 Å². The molecule has 0 aromatic carbocycles. The highest BCUT2D eigenvalue weighted by molar-refractivity contribution is 6.27. The molecule has 0 amide bonds. The predicted octanol–water partition coefficient (Wildman–Crippen LogP) is 2.90. The minimum atomic E-state index is 0.124. The SMILES string of the molecule is Cc1ccc(-c2cnc(Cl)o2)o1. The number of hydrogen-bond donors (Lipinski definition) is 0. The second-order valence-corrected chi connectivity index (χ2v) is 2.71. The number of aryl methyl sites for hydroxylation is 1. The smallest absolute Gasteiger partial charge is 0.292 e. The molecule has 0 aliphatic rings. The van der Waals surface area contributed by atoms with E-state index in [0.717, 1.165) is 5.76 Å². The Kier molecular flexibility index (Phi) is 1.66. The van der Waals surface area contributed by atoms with E-state index in [-0.39, 0.29) is 5.35 Å². The molecule has 0 spiro atoms. The topological polar surface area (TPSA) is 39.2 Å². The summed E-state index contributed by atoms with van der Waals surface area (Å²) in [6, 6.07) is 3.66. The van der Waals surface area contributed by atoms with E-state index in [9.17, 15) is 0 Å². The molecule has 0 atom stereocenters. The Labute approximate surface area is 74.0 Å². The Bertz CT molecular complexity index is 353. The molecule has 0 aliphatic heterocycles. The van der Waals surface area contributed by atoms with Crippen LogP contribution in [-0.2, 0) is 0 Å². The lowest BCUT2D eigenvalue weighted by atomic mass is 10.4. The number of oxazole rings is 1. The lowest BCUT2D eigenvalue weighted by Crippen LogP contribution is -1.63. The highest BCUT2D eigenvalue weighted by Gasteiger charge is 2.07. The standard InChI is InChI=1S/C8H6ClNO2/c1-5-2-3-6(11-5)7-4-10-8(9)12-7/h2-4H,1H3. The molecule has 0 N–H and O–H groups in total. The van der Waals surface area contributed by atoms with Crippen molar-refractivity contribution in [2.45, 2.75) is 6.92 Å². The maximum Gasteiger partial charge on any atom is 0.292 e. The van der Waals surface area contributed by atoms with Crippen molar-refractivity contribution in [3.63, 3.8) is 0 Å². The van der Waals surface area contributed by atoms with E-state index in [1.54, 1.807) is 0 Å². The molecule has 3 nitrogen and oxygen atoms in total. The van der Waals surface area contributed by atoms with Crippen LogP contribution in [-0.4, -0.2) is 4.98 Å². The minimum absolute atomic E-state index is 0.124. The van der Waals surface area contributed by atoms with Crippen LogP contribution in [0.3, 0.4) is 0 Å². The minimum Gasteiger partial charge on any atom is -0.458 e. The van der Waals surface area contributed by atoms with Crippen molar-refractivity contribution in [1.29, 1.82) is 0 Å². The fourth-order valence-electron chi connectivity index (χ4n) is 0.934. The zero-order chi connectivity index (χ0) is 8.55. The molecule has 0 saturated carbocycles. The average molecular weight is 184 g/mol. The van der Waals surface area contributed by atoms with Crippen LogP contribution >= 0.6 is 11.6 Å². The Balaban J connectivity index is 2.43. The molecule has 12 heavy (non-hydrogen) atoms. The van der Waals surface area contributed by atoms with Gasteiger partial charge in [0.1, 0.15) is 5.76 Å². The van der Waals surface area contributed by atoms with Crippen LogP contribution in [0.5, 0.6) is 0 Å². The number of nitrogens with zero attached hydrogens (tertiary/aromatic N) is 1. The highest BCUT2D eigenvalue weighted by atomic mass is 35.5. The zero-order valence-corrected chi connectivity index (χ0v) is 7.13. The van der Waals surface area contributed by atoms with Gasteiger partial charge >= 0.3 is 0 Å². The van der Waals surface area contributed by atoms with Gasteiger partial charge in [0.25, 0.3) is 5.35 Å². The molecule has 2 rings (SSSR count). The molecule has 2 heterocycles. The first-order valence-electron chi connectivity index (χ1n) is 3.44. The van der Waals surface area contributed by atoms with E-state index in [2.05, 4.69) is 4.98 Å².